The van der Waals surface area contributed by atoms with Crippen LogP contribution in [0.4, 0.5) is 0 Å². The van der Waals surface area contributed by atoms with Crippen LogP contribution in [0.5, 0.6) is 0 Å². The van der Waals surface area contributed by atoms with Crippen LogP contribution in [0.2, 0.25) is 0 Å². The molecule has 0 saturated carbocycles. The van der Waals surface area contributed by atoms with Gasteiger partial charge < -0.3 is 5.11 Å². The molecule has 0 amide bonds. The fraction of sp³-hybridized carbons (Fsp3) is 0.833. The quantitative estimate of drug-likeness (QED) is 0.416. The second kappa shape index (κ2) is 9.55. The molecule has 4 heteroatoms. The molecule has 0 unspecified atom stereocenters. The van der Waals surface area contributed by atoms with Crippen LogP contribution in [0.3, 0.4) is 0 Å². The maximum atomic E-state index is 9.95. The predicted octanol–water partition coefficient (Wildman–Crippen LogP) is 1.38. The molecule has 0 aromatic carbocycles. The summed E-state index contributed by atoms with van der Waals surface area (Å²) >= 11 is 3.27. The summed E-state index contributed by atoms with van der Waals surface area (Å²) in [5.41, 5.74) is 0. The predicted molar refractivity (Wildman–Crippen MR) is 47.0 cm³/mol. The SMILES string of the molecule is O=C(O)CCCCCBr.[LiH]. The van der Waals surface area contributed by atoms with Gasteiger partial charge in [0.15, 0.2) is 0 Å². The van der Waals surface area contributed by atoms with Gasteiger partial charge >= 0.3 is 24.8 Å². The van der Waals surface area contributed by atoms with E-state index in [2.05, 4.69) is 15.9 Å². The molecule has 0 radical (unpaired) electrons. The first-order chi connectivity index (χ1) is 4.27. The van der Waals surface area contributed by atoms with Crippen molar-refractivity contribution >= 4 is 40.8 Å². The van der Waals surface area contributed by atoms with E-state index >= 15 is 0 Å². The molecule has 0 bridgehead atoms. The molecule has 0 spiro atoms. The molecule has 0 atom stereocenters. The zero-order valence-corrected chi connectivity index (χ0v) is 6.85. The number of halogens is 1. The van der Waals surface area contributed by atoms with Gasteiger partial charge in [0.1, 0.15) is 0 Å². The number of carboxylic acid groups (broad SMARTS) is 1. The summed E-state index contributed by atoms with van der Waals surface area (Å²) in [6.45, 7) is 0. The van der Waals surface area contributed by atoms with Crippen LogP contribution in [0, 0.1) is 0 Å². The van der Waals surface area contributed by atoms with Gasteiger partial charge in [-0.2, -0.15) is 0 Å². The average molecular weight is 203 g/mol. The molecule has 0 aliphatic rings. The number of alkyl halides is 1. The maximum absolute atomic E-state index is 9.95. The summed E-state index contributed by atoms with van der Waals surface area (Å²) in [5, 5.41) is 9.18. The molecule has 0 heterocycles. The van der Waals surface area contributed by atoms with Crippen molar-refractivity contribution < 1.29 is 9.90 Å². The number of hydrogen-bond donors (Lipinski definition) is 1. The summed E-state index contributed by atoms with van der Waals surface area (Å²) in [6, 6.07) is 0. The molecule has 0 saturated heterocycles. The Morgan fingerprint density at radius 1 is 1.30 bits per heavy atom. The van der Waals surface area contributed by atoms with Crippen LogP contribution >= 0.6 is 15.9 Å². The minimum atomic E-state index is -0.690. The average Bonchev–Trinajstić information content (AvgIpc) is 1.80. The van der Waals surface area contributed by atoms with Crippen LogP contribution in [0.1, 0.15) is 25.7 Å². The second-order valence-corrected chi connectivity index (χ2v) is 2.69. The van der Waals surface area contributed by atoms with Gasteiger partial charge in [0.25, 0.3) is 0 Å². The fourth-order valence-electron chi connectivity index (χ4n) is 0.547. The Morgan fingerprint density at radius 2 is 1.90 bits per heavy atom. The second-order valence-electron chi connectivity index (χ2n) is 1.89. The summed E-state index contributed by atoms with van der Waals surface area (Å²) < 4.78 is 0. The van der Waals surface area contributed by atoms with Crippen LogP contribution in [0.15, 0.2) is 0 Å². The van der Waals surface area contributed by atoms with Gasteiger partial charge in [-0.3, -0.25) is 4.79 Å². The summed E-state index contributed by atoms with van der Waals surface area (Å²) in [7, 11) is 0. The van der Waals surface area contributed by atoms with Crippen LogP contribution < -0.4 is 0 Å². The molecular weight excluding hydrogens is 191 g/mol. The summed E-state index contributed by atoms with van der Waals surface area (Å²) in [5.74, 6) is -0.690. The first-order valence-electron chi connectivity index (χ1n) is 3.05. The van der Waals surface area contributed by atoms with Crippen molar-refractivity contribution in [2.75, 3.05) is 5.33 Å². The van der Waals surface area contributed by atoms with E-state index in [9.17, 15) is 4.79 Å². The van der Waals surface area contributed by atoms with Crippen LogP contribution in [-0.4, -0.2) is 35.3 Å². The van der Waals surface area contributed by atoms with Crippen molar-refractivity contribution in [3.05, 3.63) is 0 Å². The summed E-state index contributed by atoms with van der Waals surface area (Å²) in [6.07, 6.45) is 3.21. The van der Waals surface area contributed by atoms with E-state index in [0.717, 1.165) is 24.6 Å². The molecule has 0 aromatic rings. The zero-order valence-electron chi connectivity index (χ0n) is 5.27. The van der Waals surface area contributed by atoms with Crippen LogP contribution in [-0.2, 0) is 4.79 Å². The van der Waals surface area contributed by atoms with Gasteiger partial charge in [0.05, 0.1) is 0 Å². The van der Waals surface area contributed by atoms with Gasteiger partial charge in [-0.25, -0.2) is 0 Å². The van der Waals surface area contributed by atoms with E-state index < -0.39 is 5.97 Å². The zero-order chi connectivity index (χ0) is 7.11. The number of carboxylic acids is 1. The van der Waals surface area contributed by atoms with E-state index in [1.165, 1.54) is 0 Å². The summed E-state index contributed by atoms with van der Waals surface area (Å²) in [4.78, 5) is 9.95. The number of hydrogen-bond acceptors (Lipinski definition) is 1. The van der Waals surface area contributed by atoms with Gasteiger partial charge in [-0.05, 0) is 12.8 Å². The van der Waals surface area contributed by atoms with Gasteiger partial charge in [-0.15, -0.1) is 0 Å². The standard InChI is InChI=1S/C6H11BrO2.Li.H/c7-5-3-1-2-4-6(8)9;;/h1-5H2,(H,8,9);;. The third-order valence-corrected chi connectivity index (χ3v) is 1.59. The van der Waals surface area contributed by atoms with E-state index in [4.69, 9.17) is 5.11 Å². The minimum absolute atomic E-state index is 0. The monoisotopic (exact) mass is 202 g/mol. The van der Waals surface area contributed by atoms with E-state index in [1.807, 2.05) is 0 Å². The molecule has 1 N–H and O–H groups in total. The van der Waals surface area contributed by atoms with Crippen molar-refractivity contribution in [1.29, 1.82) is 0 Å². The third kappa shape index (κ3) is 11.4. The van der Waals surface area contributed by atoms with Crippen molar-refractivity contribution in [1.82, 2.24) is 0 Å². The Morgan fingerprint density at radius 3 is 2.30 bits per heavy atom. The Labute approximate surface area is 81.7 Å². The van der Waals surface area contributed by atoms with Gasteiger partial charge in [0.2, 0.25) is 0 Å². The number of carbonyl (C=O) groups is 1. The van der Waals surface area contributed by atoms with Crippen molar-refractivity contribution in [2.45, 2.75) is 25.7 Å². The number of unbranched alkanes of at least 4 members (excludes halogenated alkanes) is 2. The first-order valence-corrected chi connectivity index (χ1v) is 4.17. The van der Waals surface area contributed by atoms with Crippen molar-refractivity contribution in [3.63, 3.8) is 0 Å². The molecular formula is C6H12BrLiO2. The van der Waals surface area contributed by atoms with Crippen molar-refractivity contribution in [2.24, 2.45) is 0 Å². The molecule has 0 aromatic heterocycles. The topological polar surface area (TPSA) is 37.3 Å². The molecule has 0 fully saturated rings. The van der Waals surface area contributed by atoms with Crippen molar-refractivity contribution in [3.8, 4) is 0 Å². The molecule has 0 aliphatic carbocycles. The molecule has 0 aliphatic heterocycles. The Balaban J connectivity index is 0. The van der Waals surface area contributed by atoms with Crippen LogP contribution in [0.25, 0.3) is 0 Å². The van der Waals surface area contributed by atoms with E-state index in [0.29, 0.717) is 6.42 Å². The fourth-order valence-corrected chi connectivity index (χ4v) is 0.944. The van der Waals surface area contributed by atoms with E-state index in [1.54, 1.807) is 0 Å². The number of rotatable bonds is 5. The van der Waals surface area contributed by atoms with Gasteiger partial charge in [0, 0.05) is 11.8 Å². The normalized spacial score (nSPS) is 8.50. The third-order valence-electron chi connectivity index (χ3n) is 1.02. The Kier molecular flexibility index (Phi) is 12.6. The Hall–Kier alpha value is 0.547. The van der Waals surface area contributed by atoms with Gasteiger partial charge in [-0.1, -0.05) is 22.4 Å². The number of aliphatic carboxylic acids is 1. The molecule has 10 heavy (non-hydrogen) atoms. The molecule has 2 nitrogen and oxygen atoms in total. The van der Waals surface area contributed by atoms with E-state index in [-0.39, 0.29) is 18.9 Å². The molecule has 0 rings (SSSR count). The molecule has 56 valence electrons. The Bertz CT molecular complexity index is 87.8. The first kappa shape index (κ1) is 13.2.